The van der Waals surface area contributed by atoms with Crippen molar-refractivity contribution < 1.29 is 27.5 Å². The minimum atomic E-state index is -4.58. The molecule has 0 fully saturated rings. The second-order valence-electron chi connectivity index (χ2n) is 5.60. The zero-order chi connectivity index (χ0) is 19.5. The number of esters is 1. The quantitative estimate of drug-likeness (QED) is 0.765. The number of anilines is 1. The van der Waals surface area contributed by atoms with Gasteiger partial charge in [0.2, 0.25) is 0 Å². The van der Waals surface area contributed by atoms with Crippen molar-refractivity contribution in [2.24, 2.45) is 0 Å². The molecule has 0 bridgehead atoms. The number of rotatable bonds is 4. The Morgan fingerprint density at radius 2 is 1.85 bits per heavy atom. The Bertz CT molecular complexity index is 837. The van der Waals surface area contributed by atoms with Gasteiger partial charge in [0, 0.05) is 0 Å². The number of amides is 1. The summed E-state index contributed by atoms with van der Waals surface area (Å²) < 4.78 is 43.3. The van der Waals surface area contributed by atoms with Crippen LogP contribution < -0.4 is 5.32 Å². The lowest BCUT2D eigenvalue weighted by Crippen LogP contribution is -2.30. The highest BCUT2D eigenvalue weighted by Crippen LogP contribution is 2.33. The summed E-state index contributed by atoms with van der Waals surface area (Å²) in [5.74, 6) is -1.52. The van der Waals surface area contributed by atoms with E-state index >= 15 is 0 Å². The first kappa shape index (κ1) is 19.8. The van der Waals surface area contributed by atoms with Gasteiger partial charge in [-0.1, -0.05) is 29.3 Å². The highest BCUT2D eigenvalue weighted by molar-refractivity contribution is 6.33. The molecule has 2 aromatic rings. The average Bonchev–Trinajstić information content (AvgIpc) is 2.55. The Morgan fingerprint density at radius 3 is 2.46 bits per heavy atom. The predicted molar refractivity (Wildman–Crippen MR) is 91.1 cm³/mol. The molecule has 0 saturated heterocycles. The zero-order valence-corrected chi connectivity index (χ0v) is 14.6. The van der Waals surface area contributed by atoms with Crippen LogP contribution in [-0.4, -0.2) is 18.0 Å². The normalized spacial score (nSPS) is 12.4. The van der Waals surface area contributed by atoms with Crippen LogP contribution in [0, 0.1) is 6.92 Å². The topological polar surface area (TPSA) is 55.4 Å². The molecule has 0 aromatic heterocycles. The van der Waals surface area contributed by atoms with Crippen LogP contribution in [0.1, 0.15) is 28.4 Å². The maximum atomic E-state index is 12.8. The first-order valence-electron chi connectivity index (χ1n) is 7.53. The number of ether oxygens (including phenoxy) is 1. The summed E-state index contributed by atoms with van der Waals surface area (Å²) in [5, 5.41) is 2.18. The first-order chi connectivity index (χ1) is 12.1. The lowest BCUT2D eigenvalue weighted by atomic mass is 10.1. The van der Waals surface area contributed by atoms with Gasteiger partial charge in [0.1, 0.15) is 0 Å². The van der Waals surface area contributed by atoms with Crippen LogP contribution in [-0.2, 0) is 15.7 Å². The third-order valence-electron chi connectivity index (χ3n) is 3.46. The Morgan fingerprint density at radius 1 is 1.15 bits per heavy atom. The Kier molecular flexibility index (Phi) is 5.92. The number of carbonyl (C=O) groups excluding carboxylic acids is 2. The van der Waals surface area contributed by atoms with Crippen LogP contribution in [0.25, 0.3) is 0 Å². The van der Waals surface area contributed by atoms with Crippen molar-refractivity contribution >= 4 is 29.2 Å². The number of nitrogens with one attached hydrogen (secondary N) is 1. The largest absolute Gasteiger partial charge is 0.449 e. The SMILES string of the molecule is Cc1cccc(C(=O)O[C@H](C)C(=O)Nc2cc(C(F)(F)F)ccc2Cl)c1. The molecule has 4 nitrogen and oxygen atoms in total. The van der Waals surface area contributed by atoms with Crippen molar-refractivity contribution in [3.8, 4) is 0 Å². The van der Waals surface area contributed by atoms with Crippen molar-refractivity contribution in [2.75, 3.05) is 5.32 Å². The van der Waals surface area contributed by atoms with E-state index < -0.39 is 29.7 Å². The van der Waals surface area contributed by atoms with Crippen LogP contribution in [0.2, 0.25) is 5.02 Å². The van der Waals surface area contributed by atoms with E-state index in [2.05, 4.69) is 5.32 Å². The van der Waals surface area contributed by atoms with E-state index in [9.17, 15) is 22.8 Å². The molecule has 0 spiro atoms. The summed E-state index contributed by atoms with van der Waals surface area (Å²) >= 11 is 5.82. The molecule has 2 aromatic carbocycles. The van der Waals surface area contributed by atoms with Gasteiger partial charge < -0.3 is 10.1 Å². The summed E-state index contributed by atoms with van der Waals surface area (Å²) in [5.41, 5.74) is -0.0689. The molecule has 0 heterocycles. The molecule has 0 aliphatic carbocycles. The second-order valence-corrected chi connectivity index (χ2v) is 6.01. The van der Waals surface area contributed by atoms with Gasteiger partial charge >= 0.3 is 12.1 Å². The third-order valence-corrected chi connectivity index (χ3v) is 3.79. The highest BCUT2D eigenvalue weighted by atomic mass is 35.5. The molecule has 1 amide bonds. The van der Waals surface area contributed by atoms with E-state index in [4.69, 9.17) is 16.3 Å². The van der Waals surface area contributed by atoms with Gasteiger partial charge in [0.15, 0.2) is 6.10 Å². The molecule has 26 heavy (non-hydrogen) atoms. The summed E-state index contributed by atoms with van der Waals surface area (Å²) in [6.07, 6.45) is -5.80. The molecule has 0 saturated carbocycles. The van der Waals surface area contributed by atoms with Crippen LogP contribution in [0.5, 0.6) is 0 Å². The fourth-order valence-electron chi connectivity index (χ4n) is 2.09. The number of benzene rings is 2. The fraction of sp³-hybridized carbons (Fsp3) is 0.222. The lowest BCUT2D eigenvalue weighted by molar-refractivity contribution is -0.137. The van der Waals surface area contributed by atoms with Crippen LogP contribution in [0.3, 0.4) is 0 Å². The van der Waals surface area contributed by atoms with Crippen molar-refractivity contribution in [1.29, 1.82) is 0 Å². The van der Waals surface area contributed by atoms with Crippen molar-refractivity contribution in [2.45, 2.75) is 26.1 Å². The summed E-state index contributed by atoms with van der Waals surface area (Å²) in [6.45, 7) is 3.10. The molecule has 0 aliphatic rings. The Labute approximate surface area is 152 Å². The number of carbonyl (C=O) groups is 2. The molecule has 1 atom stereocenters. The van der Waals surface area contributed by atoms with Gasteiger partial charge in [0.05, 0.1) is 21.8 Å². The minimum Gasteiger partial charge on any atom is -0.449 e. The van der Waals surface area contributed by atoms with Gasteiger partial charge in [-0.15, -0.1) is 0 Å². The van der Waals surface area contributed by atoms with Crippen molar-refractivity contribution in [1.82, 2.24) is 0 Å². The monoisotopic (exact) mass is 385 g/mol. The summed E-state index contributed by atoms with van der Waals surface area (Å²) in [4.78, 5) is 24.2. The van der Waals surface area contributed by atoms with E-state index in [1.54, 1.807) is 25.1 Å². The van der Waals surface area contributed by atoms with E-state index in [1.165, 1.54) is 13.0 Å². The number of hydrogen-bond donors (Lipinski definition) is 1. The number of aryl methyl sites for hydroxylation is 1. The predicted octanol–water partition coefficient (Wildman–Crippen LogP) is 4.85. The molecule has 0 radical (unpaired) electrons. The molecule has 2 rings (SSSR count). The van der Waals surface area contributed by atoms with Crippen LogP contribution in [0.15, 0.2) is 42.5 Å². The van der Waals surface area contributed by atoms with Crippen molar-refractivity contribution in [3.63, 3.8) is 0 Å². The summed E-state index contributed by atoms with van der Waals surface area (Å²) in [7, 11) is 0. The first-order valence-corrected chi connectivity index (χ1v) is 7.91. The van der Waals surface area contributed by atoms with E-state index in [1.807, 2.05) is 0 Å². The van der Waals surface area contributed by atoms with Gasteiger partial charge in [-0.3, -0.25) is 4.79 Å². The highest BCUT2D eigenvalue weighted by Gasteiger charge is 2.31. The van der Waals surface area contributed by atoms with Gasteiger partial charge in [-0.05, 0) is 44.2 Å². The zero-order valence-electron chi connectivity index (χ0n) is 13.9. The average molecular weight is 386 g/mol. The minimum absolute atomic E-state index is 0.0661. The molecule has 138 valence electrons. The van der Waals surface area contributed by atoms with Crippen LogP contribution in [0.4, 0.5) is 18.9 Å². The summed E-state index contributed by atoms with van der Waals surface area (Å²) in [6, 6.07) is 9.14. The van der Waals surface area contributed by atoms with E-state index in [-0.39, 0.29) is 16.3 Å². The standard InChI is InChI=1S/C18H15ClF3NO3/c1-10-4-3-5-12(8-10)17(25)26-11(2)16(24)23-15-9-13(18(20,21)22)6-7-14(15)19/h3-9,11H,1-2H3,(H,23,24)/t11-/m1/s1. The fourth-order valence-corrected chi connectivity index (χ4v) is 2.25. The lowest BCUT2D eigenvalue weighted by Gasteiger charge is -2.15. The van der Waals surface area contributed by atoms with Gasteiger partial charge in [-0.2, -0.15) is 13.2 Å². The molecular weight excluding hydrogens is 371 g/mol. The third kappa shape index (κ3) is 4.98. The van der Waals surface area contributed by atoms with E-state index in [0.717, 1.165) is 23.8 Å². The maximum Gasteiger partial charge on any atom is 0.416 e. The molecular formula is C18H15ClF3NO3. The number of alkyl halides is 3. The van der Waals surface area contributed by atoms with Crippen LogP contribution >= 0.6 is 11.6 Å². The van der Waals surface area contributed by atoms with Gasteiger partial charge in [-0.25, -0.2) is 4.79 Å². The van der Waals surface area contributed by atoms with E-state index in [0.29, 0.717) is 0 Å². The van der Waals surface area contributed by atoms with Crippen molar-refractivity contribution in [3.05, 3.63) is 64.2 Å². The Hall–Kier alpha value is -2.54. The molecule has 8 heteroatoms. The molecule has 0 aliphatic heterocycles. The molecule has 0 unspecified atom stereocenters. The second kappa shape index (κ2) is 7.78. The Balaban J connectivity index is 2.08. The van der Waals surface area contributed by atoms with Gasteiger partial charge in [0.25, 0.3) is 5.91 Å². The smallest absolute Gasteiger partial charge is 0.416 e. The number of halogens is 4. The molecule has 1 N–H and O–H groups in total. The maximum absolute atomic E-state index is 12.8. The number of hydrogen-bond acceptors (Lipinski definition) is 3.